The van der Waals surface area contributed by atoms with Gasteiger partial charge in [0.25, 0.3) is 5.56 Å². The minimum Gasteiger partial charge on any atom is -0.493 e. The van der Waals surface area contributed by atoms with Crippen LogP contribution >= 0.6 is 11.6 Å². The summed E-state index contributed by atoms with van der Waals surface area (Å²) in [5, 5.41) is 23.4. The Morgan fingerprint density at radius 1 is 1.45 bits per heavy atom. The largest absolute Gasteiger partial charge is 0.493 e. The van der Waals surface area contributed by atoms with Crippen LogP contribution in [0.1, 0.15) is 5.56 Å². The van der Waals surface area contributed by atoms with Crippen molar-refractivity contribution in [2.45, 2.75) is 0 Å². The number of aromatic nitrogens is 3. The summed E-state index contributed by atoms with van der Waals surface area (Å²) < 4.78 is 1.11. The summed E-state index contributed by atoms with van der Waals surface area (Å²) in [5.41, 5.74) is 0.324. The van der Waals surface area contributed by atoms with E-state index in [9.17, 15) is 9.90 Å². The van der Waals surface area contributed by atoms with Gasteiger partial charge >= 0.3 is 0 Å². The molecule has 0 radical (unpaired) electrons. The van der Waals surface area contributed by atoms with Gasteiger partial charge in [0.2, 0.25) is 5.88 Å². The van der Waals surface area contributed by atoms with Gasteiger partial charge < -0.3 is 10.1 Å². The predicted octanol–water partition coefficient (Wildman–Crippen LogP) is 1.92. The first kappa shape index (κ1) is 12.3. The molecule has 6 nitrogen and oxygen atoms in total. The number of halogens is 1. The molecule has 0 saturated carbocycles. The molecule has 3 aromatic rings. The third-order valence-corrected chi connectivity index (χ3v) is 3.12. The Hall–Kier alpha value is -2.78. The molecule has 2 N–H and O–H groups in total. The number of hydrogen-bond acceptors (Lipinski definition) is 4. The summed E-state index contributed by atoms with van der Waals surface area (Å²) in [7, 11) is 0. The highest BCUT2D eigenvalue weighted by Crippen LogP contribution is 2.27. The van der Waals surface area contributed by atoms with Crippen LogP contribution in [0.4, 0.5) is 0 Å². The van der Waals surface area contributed by atoms with E-state index >= 15 is 0 Å². The van der Waals surface area contributed by atoms with Crippen molar-refractivity contribution in [1.82, 2.24) is 14.6 Å². The van der Waals surface area contributed by atoms with E-state index in [0.29, 0.717) is 10.6 Å². The maximum Gasteiger partial charge on any atom is 0.262 e. The van der Waals surface area contributed by atoms with Gasteiger partial charge in [0.1, 0.15) is 17.2 Å². The molecular weight excluding hydrogens is 280 g/mol. The summed E-state index contributed by atoms with van der Waals surface area (Å²) in [6.45, 7) is 0. The van der Waals surface area contributed by atoms with Crippen molar-refractivity contribution in [2.75, 3.05) is 0 Å². The molecule has 2 heterocycles. The lowest BCUT2D eigenvalue weighted by molar-refractivity contribution is 0.437. The molecule has 0 aliphatic carbocycles. The molecule has 0 bridgehead atoms. The van der Waals surface area contributed by atoms with Crippen molar-refractivity contribution >= 4 is 17.2 Å². The van der Waals surface area contributed by atoms with Gasteiger partial charge in [0.15, 0.2) is 5.65 Å². The number of nitrogens with zero attached hydrogens (tertiary/aromatic N) is 3. The zero-order valence-electron chi connectivity index (χ0n) is 9.96. The van der Waals surface area contributed by atoms with Crippen LogP contribution in [0.3, 0.4) is 0 Å². The number of nitrogens with one attached hydrogen (secondary N) is 1. The van der Waals surface area contributed by atoms with Gasteiger partial charge in [-0.1, -0.05) is 23.7 Å². The number of benzene rings is 1. The van der Waals surface area contributed by atoms with E-state index in [4.69, 9.17) is 16.9 Å². The number of aromatic amines is 1. The highest BCUT2D eigenvalue weighted by atomic mass is 35.5. The maximum atomic E-state index is 12.1. The van der Waals surface area contributed by atoms with Crippen LogP contribution < -0.4 is 5.56 Å². The number of H-pyrrole nitrogens is 1. The van der Waals surface area contributed by atoms with Gasteiger partial charge in [-0.2, -0.15) is 14.9 Å². The van der Waals surface area contributed by atoms with Crippen molar-refractivity contribution in [1.29, 1.82) is 5.26 Å². The maximum absolute atomic E-state index is 12.1. The average Bonchev–Trinajstić information content (AvgIpc) is 2.82. The minimum atomic E-state index is -0.519. The molecule has 0 aliphatic rings. The van der Waals surface area contributed by atoms with Crippen LogP contribution in [0.15, 0.2) is 35.3 Å². The molecular formula is C13H7ClN4O2. The molecule has 3 rings (SSSR count). The van der Waals surface area contributed by atoms with Gasteiger partial charge in [-0.3, -0.25) is 4.79 Å². The molecule has 0 spiro atoms. The Balaban J connectivity index is 2.39. The van der Waals surface area contributed by atoms with Crippen molar-refractivity contribution in [3.63, 3.8) is 0 Å². The highest BCUT2D eigenvalue weighted by Gasteiger charge is 2.17. The number of fused-ring (bicyclic) bond motifs is 1. The Morgan fingerprint density at radius 3 is 2.95 bits per heavy atom. The first-order valence-corrected chi connectivity index (χ1v) is 5.98. The molecule has 0 fully saturated rings. The lowest BCUT2D eigenvalue weighted by Gasteiger charge is -2.06. The fourth-order valence-corrected chi connectivity index (χ4v) is 2.18. The molecule has 20 heavy (non-hydrogen) atoms. The molecule has 0 atom stereocenters. The Kier molecular flexibility index (Phi) is 2.70. The summed E-state index contributed by atoms with van der Waals surface area (Å²) in [6.07, 6.45) is 1.27. The van der Waals surface area contributed by atoms with Crippen molar-refractivity contribution in [3.05, 3.63) is 51.4 Å². The smallest absolute Gasteiger partial charge is 0.262 e. The Labute approximate surface area is 117 Å². The first-order chi connectivity index (χ1) is 9.61. The second-order valence-electron chi connectivity index (χ2n) is 4.09. The number of aromatic hydroxyl groups is 1. The van der Waals surface area contributed by atoms with Gasteiger partial charge in [-0.15, -0.1) is 0 Å². The van der Waals surface area contributed by atoms with Gasteiger partial charge in [-0.25, -0.2) is 0 Å². The fourth-order valence-electron chi connectivity index (χ4n) is 1.99. The fraction of sp³-hybridized carbons (Fsp3) is 0. The molecule has 0 aliphatic heterocycles. The zero-order valence-corrected chi connectivity index (χ0v) is 10.7. The van der Waals surface area contributed by atoms with E-state index in [1.165, 1.54) is 6.20 Å². The van der Waals surface area contributed by atoms with Gasteiger partial charge in [0, 0.05) is 5.02 Å². The van der Waals surface area contributed by atoms with Crippen LogP contribution in [0, 0.1) is 11.3 Å². The lowest BCUT2D eigenvalue weighted by atomic mass is 10.1. The predicted molar refractivity (Wildman–Crippen MR) is 72.6 cm³/mol. The molecule has 2 aromatic heterocycles. The normalized spacial score (nSPS) is 10.6. The molecule has 0 unspecified atom stereocenters. The summed E-state index contributed by atoms with van der Waals surface area (Å²) in [4.78, 5) is 14.7. The van der Waals surface area contributed by atoms with E-state index in [-0.39, 0.29) is 22.7 Å². The number of hydrogen-bond donors (Lipinski definition) is 2. The van der Waals surface area contributed by atoms with E-state index in [0.717, 1.165) is 4.52 Å². The summed E-state index contributed by atoms with van der Waals surface area (Å²) in [5.74, 6) is -0.340. The molecule has 1 aromatic carbocycles. The quantitative estimate of drug-likeness (QED) is 0.714. The number of rotatable bonds is 1. The third kappa shape index (κ3) is 1.73. The standard InChI is InChI=1S/C13H7ClN4O2/c14-9-3-1-2-7(4-9)10-12(19)17-11-8(5-15)6-16-18(11)13(10)20/h1-4,6,20H,(H,17,19). The first-order valence-electron chi connectivity index (χ1n) is 5.61. The van der Waals surface area contributed by atoms with Crippen molar-refractivity contribution in [3.8, 4) is 23.1 Å². The van der Waals surface area contributed by atoms with Gasteiger partial charge in [0.05, 0.1) is 6.20 Å². The van der Waals surface area contributed by atoms with Crippen LogP contribution in [0.25, 0.3) is 16.8 Å². The summed E-state index contributed by atoms with van der Waals surface area (Å²) >= 11 is 5.88. The second-order valence-corrected chi connectivity index (χ2v) is 4.53. The van der Waals surface area contributed by atoms with Crippen LogP contribution in [-0.2, 0) is 0 Å². The monoisotopic (exact) mass is 286 g/mol. The Bertz CT molecular complexity index is 920. The summed E-state index contributed by atoms with van der Waals surface area (Å²) in [6, 6.07) is 8.43. The van der Waals surface area contributed by atoms with E-state index in [2.05, 4.69) is 10.1 Å². The molecule has 7 heteroatoms. The topological polar surface area (TPSA) is 94.2 Å². The average molecular weight is 287 g/mol. The number of nitriles is 1. The van der Waals surface area contributed by atoms with Crippen LogP contribution in [0.2, 0.25) is 5.02 Å². The third-order valence-electron chi connectivity index (χ3n) is 2.89. The molecule has 0 amide bonds. The Morgan fingerprint density at radius 2 is 2.25 bits per heavy atom. The van der Waals surface area contributed by atoms with E-state index < -0.39 is 5.56 Å². The van der Waals surface area contributed by atoms with E-state index in [1.807, 2.05) is 6.07 Å². The zero-order chi connectivity index (χ0) is 14.3. The van der Waals surface area contributed by atoms with Crippen molar-refractivity contribution in [2.24, 2.45) is 0 Å². The van der Waals surface area contributed by atoms with Crippen LogP contribution in [-0.4, -0.2) is 19.7 Å². The SMILES string of the molecule is N#Cc1cnn2c(O)c(-c3cccc(Cl)c3)c(=O)[nH]c12. The van der Waals surface area contributed by atoms with Crippen LogP contribution in [0.5, 0.6) is 5.88 Å². The van der Waals surface area contributed by atoms with Gasteiger partial charge in [-0.05, 0) is 17.7 Å². The second kappa shape index (κ2) is 4.40. The minimum absolute atomic E-state index is 0.0487. The van der Waals surface area contributed by atoms with E-state index in [1.54, 1.807) is 24.3 Å². The molecule has 0 saturated heterocycles. The highest BCUT2D eigenvalue weighted by molar-refractivity contribution is 6.30. The molecule has 98 valence electrons. The van der Waals surface area contributed by atoms with Crippen molar-refractivity contribution < 1.29 is 5.11 Å². The lowest BCUT2D eigenvalue weighted by Crippen LogP contribution is -2.12.